The summed E-state index contributed by atoms with van der Waals surface area (Å²) in [6, 6.07) is 15.6. The second kappa shape index (κ2) is 10.2. The van der Waals surface area contributed by atoms with E-state index in [2.05, 4.69) is 12.1 Å². The average Bonchev–Trinajstić information content (AvgIpc) is 3.38. The van der Waals surface area contributed by atoms with Gasteiger partial charge >= 0.3 is 0 Å². The molecule has 1 aromatic heterocycles. The topological polar surface area (TPSA) is 61.2 Å². The zero-order chi connectivity index (χ0) is 22.6. The van der Waals surface area contributed by atoms with Crippen molar-refractivity contribution in [2.75, 3.05) is 12.4 Å². The molecule has 1 saturated carbocycles. The number of ketones is 1. The minimum atomic E-state index is -0.0668. The van der Waals surface area contributed by atoms with Crippen LogP contribution in [0.2, 0.25) is 0 Å². The van der Waals surface area contributed by atoms with Crippen molar-refractivity contribution in [3.8, 4) is 0 Å². The SMILES string of the molecule is O=C(CSc1nc2ccccc2c(=O)n1CC1CCCO1)c1ccc(C2CCCCC2)cc1. The molecular weight excluding hydrogens is 432 g/mol. The van der Waals surface area contributed by atoms with Crippen LogP contribution in [-0.4, -0.2) is 33.8 Å². The van der Waals surface area contributed by atoms with Gasteiger partial charge in [0, 0.05) is 12.2 Å². The van der Waals surface area contributed by atoms with Crippen molar-refractivity contribution in [2.45, 2.75) is 68.7 Å². The zero-order valence-electron chi connectivity index (χ0n) is 18.9. The van der Waals surface area contributed by atoms with Crippen LogP contribution in [0.5, 0.6) is 0 Å². The van der Waals surface area contributed by atoms with Crippen LogP contribution in [0.4, 0.5) is 0 Å². The number of nitrogens with zero attached hydrogens (tertiary/aromatic N) is 2. The molecule has 1 aliphatic carbocycles. The van der Waals surface area contributed by atoms with E-state index in [0.717, 1.165) is 25.0 Å². The summed E-state index contributed by atoms with van der Waals surface area (Å²) in [5.41, 5.74) is 2.66. The highest BCUT2D eigenvalue weighted by Gasteiger charge is 2.21. The molecule has 1 atom stereocenters. The number of aromatic nitrogens is 2. The quantitative estimate of drug-likeness (QED) is 0.260. The highest BCUT2D eigenvalue weighted by molar-refractivity contribution is 7.99. The number of carbonyl (C=O) groups excluding carboxylic acids is 1. The van der Waals surface area contributed by atoms with Gasteiger partial charge in [-0.05, 0) is 49.3 Å². The van der Waals surface area contributed by atoms with Crippen LogP contribution in [-0.2, 0) is 11.3 Å². The number of thioether (sulfide) groups is 1. The number of fused-ring (bicyclic) bond motifs is 1. The Kier molecular flexibility index (Phi) is 6.93. The first-order chi connectivity index (χ1) is 16.2. The van der Waals surface area contributed by atoms with Gasteiger partial charge in [0.1, 0.15) is 0 Å². The van der Waals surface area contributed by atoms with E-state index in [1.54, 1.807) is 4.57 Å². The molecule has 2 aromatic carbocycles. The van der Waals surface area contributed by atoms with Crippen molar-refractivity contribution in [3.63, 3.8) is 0 Å². The summed E-state index contributed by atoms with van der Waals surface area (Å²) in [5, 5.41) is 1.19. The summed E-state index contributed by atoms with van der Waals surface area (Å²) in [7, 11) is 0. The number of rotatable bonds is 7. The van der Waals surface area contributed by atoms with Crippen molar-refractivity contribution < 1.29 is 9.53 Å². The number of ether oxygens (including phenoxy) is 1. The van der Waals surface area contributed by atoms with E-state index in [1.807, 2.05) is 36.4 Å². The molecule has 3 aromatic rings. The van der Waals surface area contributed by atoms with E-state index < -0.39 is 0 Å². The van der Waals surface area contributed by atoms with Crippen molar-refractivity contribution >= 4 is 28.4 Å². The molecule has 1 saturated heterocycles. The van der Waals surface area contributed by atoms with Crippen LogP contribution in [0, 0.1) is 0 Å². The third-order valence-corrected chi connectivity index (χ3v) is 7.85. The molecule has 0 N–H and O–H groups in total. The highest BCUT2D eigenvalue weighted by atomic mass is 32.2. The van der Waals surface area contributed by atoms with Gasteiger partial charge < -0.3 is 4.74 Å². The Morgan fingerprint density at radius 3 is 2.55 bits per heavy atom. The third-order valence-electron chi connectivity index (χ3n) is 6.88. The Bertz CT molecular complexity index is 1180. The van der Waals surface area contributed by atoms with Gasteiger partial charge in [-0.1, -0.05) is 67.4 Å². The second-order valence-electron chi connectivity index (χ2n) is 9.13. The number of para-hydroxylation sites is 1. The number of Topliss-reactive ketones (excluding diaryl/α,β-unsaturated/α-hetero) is 1. The molecular formula is C27H30N2O3S. The Morgan fingerprint density at radius 1 is 1.00 bits per heavy atom. The summed E-state index contributed by atoms with van der Waals surface area (Å²) >= 11 is 1.34. The normalized spacial score (nSPS) is 19.2. The van der Waals surface area contributed by atoms with Crippen LogP contribution in [0.3, 0.4) is 0 Å². The summed E-state index contributed by atoms with van der Waals surface area (Å²) in [4.78, 5) is 30.9. The fourth-order valence-electron chi connectivity index (χ4n) is 5.00. The Labute approximate surface area is 198 Å². The van der Waals surface area contributed by atoms with Gasteiger partial charge in [0.2, 0.25) is 0 Å². The Hall–Kier alpha value is -2.44. The molecule has 1 unspecified atom stereocenters. The molecule has 2 aliphatic rings. The first-order valence-corrected chi connectivity index (χ1v) is 13.0. The predicted molar refractivity (Wildman–Crippen MR) is 132 cm³/mol. The lowest BCUT2D eigenvalue weighted by molar-refractivity contribution is 0.0937. The molecule has 33 heavy (non-hydrogen) atoms. The van der Waals surface area contributed by atoms with E-state index in [1.165, 1.54) is 49.4 Å². The molecule has 6 heteroatoms. The Morgan fingerprint density at radius 2 is 1.79 bits per heavy atom. The second-order valence-corrected chi connectivity index (χ2v) is 10.1. The van der Waals surface area contributed by atoms with Crippen molar-refractivity contribution in [2.24, 2.45) is 0 Å². The predicted octanol–water partition coefficient (Wildman–Crippen LogP) is 5.60. The third kappa shape index (κ3) is 5.07. The van der Waals surface area contributed by atoms with E-state index >= 15 is 0 Å². The maximum atomic E-state index is 13.2. The fraction of sp³-hybridized carbons (Fsp3) is 0.444. The molecule has 5 nitrogen and oxygen atoms in total. The molecule has 2 fully saturated rings. The molecule has 0 bridgehead atoms. The van der Waals surface area contributed by atoms with Gasteiger partial charge in [0.15, 0.2) is 10.9 Å². The van der Waals surface area contributed by atoms with E-state index in [-0.39, 0.29) is 23.2 Å². The molecule has 2 heterocycles. The maximum Gasteiger partial charge on any atom is 0.262 e. The fourth-order valence-corrected chi connectivity index (χ4v) is 5.90. The number of carbonyl (C=O) groups is 1. The van der Waals surface area contributed by atoms with Gasteiger partial charge in [-0.3, -0.25) is 14.2 Å². The lowest BCUT2D eigenvalue weighted by Crippen LogP contribution is -2.29. The molecule has 172 valence electrons. The molecule has 0 spiro atoms. The van der Waals surface area contributed by atoms with Gasteiger partial charge in [-0.15, -0.1) is 0 Å². The lowest BCUT2D eigenvalue weighted by atomic mass is 9.84. The van der Waals surface area contributed by atoms with Gasteiger partial charge in [-0.2, -0.15) is 0 Å². The van der Waals surface area contributed by atoms with Crippen LogP contribution in [0.1, 0.15) is 66.8 Å². The maximum absolute atomic E-state index is 13.2. The van der Waals surface area contributed by atoms with Crippen LogP contribution >= 0.6 is 11.8 Å². The van der Waals surface area contributed by atoms with Crippen molar-refractivity contribution in [1.82, 2.24) is 9.55 Å². The van der Waals surface area contributed by atoms with Gasteiger partial charge in [0.05, 0.1) is 29.3 Å². The number of hydrogen-bond donors (Lipinski definition) is 0. The highest BCUT2D eigenvalue weighted by Crippen LogP contribution is 2.32. The summed E-state index contributed by atoms with van der Waals surface area (Å²) in [5.74, 6) is 0.937. The van der Waals surface area contributed by atoms with E-state index in [9.17, 15) is 9.59 Å². The number of hydrogen-bond acceptors (Lipinski definition) is 5. The summed E-state index contributed by atoms with van der Waals surface area (Å²) in [6.45, 7) is 1.21. The molecule has 0 amide bonds. The zero-order valence-corrected chi connectivity index (χ0v) is 19.7. The van der Waals surface area contributed by atoms with Crippen molar-refractivity contribution in [1.29, 1.82) is 0 Å². The monoisotopic (exact) mass is 462 g/mol. The van der Waals surface area contributed by atoms with Crippen LogP contribution in [0.15, 0.2) is 58.5 Å². The minimum absolute atomic E-state index is 0.0213. The van der Waals surface area contributed by atoms with Crippen LogP contribution < -0.4 is 5.56 Å². The first kappa shape index (κ1) is 22.4. The first-order valence-electron chi connectivity index (χ1n) is 12.1. The molecule has 1 aliphatic heterocycles. The molecule has 0 radical (unpaired) electrons. The van der Waals surface area contributed by atoms with Crippen LogP contribution in [0.25, 0.3) is 10.9 Å². The average molecular weight is 463 g/mol. The van der Waals surface area contributed by atoms with E-state index in [4.69, 9.17) is 9.72 Å². The summed E-state index contributed by atoms with van der Waals surface area (Å²) in [6.07, 6.45) is 8.41. The van der Waals surface area contributed by atoms with Gasteiger partial charge in [-0.25, -0.2) is 4.98 Å². The number of benzene rings is 2. The smallest absolute Gasteiger partial charge is 0.262 e. The minimum Gasteiger partial charge on any atom is -0.376 e. The lowest BCUT2D eigenvalue weighted by Gasteiger charge is -2.22. The largest absolute Gasteiger partial charge is 0.376 e. The summed E-state index contributed by atoms with van der Waals surface area (Å²) < 4.78 is 7.47. The Balaban J connectivity index is 1.33. The van der Waals surface area contributed by atoms with E-state index in [0.29, 0.717) is 28.5 Å². The molecule has 5 rings (SSSR count). The van der Waals surface area contributed by atoms with Gasteiger partial charge in [0.25, 0.3) is 5.56 Å². The standard InChI is InChI=1S/C27H30N2O3S/c30-25(21-14-12-20(13-15-21)19-7-2-1-3-8-19)18-33-27-28-24-11-5-4-10-23(24)26(31)29(27)17-22-9-6-16-32-22/h4-5,10-15,19,22H,1-3,6-9,16-18H2. The van der Waals surface area contributed by atoms with Crippen molar-refractivity contribution in [3.05, 3.63) is 70.0 Å².